The summed E-state index contributed by atoms with van der Waals surface area (Å²) >= 11 is 0. The van der Waals surface area contributed by atoms with Crippen LogP contribution < -0.4 is 10.1 Å². The highest BCUT2D eigenvalue weighted by molar-refractivity contribution is 5.95. The molecule has 0 saturated heterocycles. The average Bonchev–Trinajstić information content (AvgIpc) is 2.61. The Morgan fingerprint density at radius 1 is 1.04 bits per heavy atom. The van der Waals surface area contributed by atoms with Gasteiger partial charge in [-0.3, -0.25) is 9.59 Å². The molecule has 2 aromatic carbocycles. The van der Waals surface area contributed by atoms with Gasteiger partial charge in [0.05, 0.1) is 18.8 Å². The zero-order valence-corrected chi connectivity index (χ0v) is 14.4. The van der Waals surface area contributed by atoms with E-state index in [1.807, 2.05) is 36.4 Å². The van der Waals surface area contributed by atoms with Crippen LogP contribution in [0.4, 0.5) is 5.69 Å². The predicted octanol–water partition coefficient (Wildman–Crippen LogP) is 2.91. The topological polar surface area (TPSA) is 67.9 Å². The maximum absolute atomic E-state index is 12.3. The standard InChI is InChI=1S/C19H22N2O4/c1-15(22)21(12-13-24-2)14-19(23)20-17-10-6-7-11-18(17)25-16-8-4-3-5-9-16/h3-11H,12-14H2,1-2H3,(H,20,23). The molecule has 0 saturated carbocycles. The Kier molecular flexibility index (Phi) is 6.98. The third kappa shape index (κ3) is 5.93. The summed E-state index contributed by atoms with van der Waals surface area (Å²) in [7, 11) is 1.55. The minimum Gasteiger partial charge on any atom is -0.455 e. The monoisotopic (exact) mass is 342 g/mol. The molecule has 0 radical (unpaired) electrons. The van der Waals surface area contributed by atoms with E-state index in [1.54, 1.807) is 25.3 Å². The number of rotatable bonds is 8. The highest BCUT2D eigenvalue weighted by Gasteiger charge is 2.15. The Morgan fingerprint density at radius 3 is 2.40 bits per heavy atom. The van der Waals surface area contributed by atoms with Crippen molar-refractivity contribution in [2.75, 3.05) is 32.1 Å². The van der Waals surface area contributed by atoms with Crippen molar-refractivity contribution >= 4 is 17.5 Å². The fraction of sp³-hybridized carbons (Fsp3) is 0.263. The molecule has 0 unspecified atom stereocenters. The van der Waals surface area contributed by atoms with Crippen LogP contribution in [0.2, 0.25) is 0 Å². The van der Waals surface area contributed by atoms with Gasteiger partial charge < -0.3 is 19.7 Å². The van der Waals surface area contributed by atoms with Crippen molar-refractivity contribution in [3.63, 3.8) is 0 Å². The first-order valence-corrected chi connectivity index (χ1v) is 7.96. The fourth-order valence-corrected chi connectivity index (χ4v) is 2.19. The molecule has 0 spiro atoms. The second-order valence-electron chi connectivity index (χ2n) is 5.39. The van der Waals surface area contributed by atoms with Crippen molar-refractivity contribution in [3.05, 3.63) is 54.6 Å². The number of ether oxygens (including phenoxy) is 2. The van der Waals surface area contributed by atoms with Crippen LogP contribution in [0.3, 0.4) is 0 Å². The number of nitrogens with zero attached hydrogens (tertiary/aromatic N) is 1. The van der Waals surface area contributed by atoms with E-state index in [0.717, 1.165) is 0 Å². The minimum absolute atomic E-state index is 0.0433. The first kappa shape index (κ1) is 18.5. The van der Waals surface area contributed by atoms with Crippen LogP contribution >= 0.6 is 0 Å². The summed E-state index contributed by atoms with van der Waals surface area (Å²) in [5.41, 5.74) is 0.548. The van der Waals surface area contributed by atoms with E-state index >= 15 is 0 Å². The number of para-hydroxylation sites is 3. The number of benzene rings is 2. The zero-order chi connectivity index (χ0) is 18.1. The third-order valence-electron chi connectivity index (χ3n) is 3.48. The molecular weight excluding hydrogens is 320 g/mol. The van der Waals surface area contributed by atoms with Crippen molar-refractivity contribution < 1.29 is 19.1 Å². The molecule has 132 valence electrons. The van der Waals surface area contributed by atoms with Gasteiger partial charge in [0.15, 0.2) is 5.75 Å². The highest BCUT2D eigenvalue weighted by atomic mass is 16.5. The van der Waals surface area contributed by atoms with Gasteiger partial charge in [0.1, 0.15) is 5.75 Å². The quantitative estimate of drug-likeness (QED) is 0.801. The van der Waals surface area contributed by atoms with E-state index in [0.29, 0.717) is 30.3 Å². The number of carbonyl (C=O) groups is 2. The lowest BCUT2D eigenvalue weighted by molar-refractivity contribution is -0.133. The largest absolute Gasteiger partial charge is 0.455 e. The van der Waals surface area contributed by atoms with Crippen LogP contribution in [0.5, 0.6) is 11.5 Å². The molecule has 0 aliphatic heterocycles. The second-order valence-corrected chi connectivity index (χ2v) is 5.39. The molecule has 0 atom stereocenters. The summed E-state index contributed by atoms with van der Waals surface area (Å²) in [6.07, 6.45) is 0. The molecule has 6 heteroatoms. The number of anilines is 1. The Morgan fingerprint density at radius 2 is 1.72 bits per heavy atom. The maximum atomic E-state index is 12.3. The van der Waals surface area contributed by atoms with Gasteiger partial charge in [-0.15, -0.1) is 0 Å². The lowest BCUT2D eigenvalue weighted by Crippen LogP contribution is -2.38. The summed E-state index contributed by atoms with van der Waals surface area (Å²) < 4.78 is 10.8. The average molecular weight is 342 g/mol. The number of nitrogens with one attached hydrogen (secondary N) is 1. The van der Waals surface area contributed by atoms with Gasteiger partial charge in [-0.25, -0.2) is 0 Å². The van der Waals surface area contributed by atoms with Crippen LogP contribution in [0.15, 0.2) is 54.6 Å². The number of hydrogen-bond donors (Lipinski definition) is 1. The van der Waals surface area contributed by atoms with Crippen LogP contribution in [-0.4, -0.2) is 43.5 Å². The van der Waals surface area contributed by atoms with Gasteiger partial charge in [-0.2, -0.15) is 0 Å². The Hall–Kier alpha value is -2.86. The molecule has 2 aromatic rings. The SMILES string of the molecule is COCCN(CC(=O)Nc1ccccc1Oc1ccccc1)C(C)=O. The van der Waals surface area contributed by atoms with Crippen LogP contribution in [0.25, 0.3) is 0 Å². The van der Waals surface area contributed by atoms with Crippen molar-refractivity contribution in [3.8, 4) is 11.5 Å². The summed E-state index contributed by atoms with van der Waals surface area (Å²) in [5.74, 6) is 0.736. The van der Waals surface area contributed by atoms with E-state index in [-0.39, 0.29) is 18.4 Å². The first-order valence-electron chi connectivity index (χ1n) is 7.96. The Balaban J connectivity index is 2.04. The van der Waals surface area contributed by atoms with Crippen LogP contribution in [0, 0.1) is 0 Å². The van der Waals surface area contributed by atoms with E-state index in [4.69, 9.17) is 9.47 Å². The summed E-state index contributed by atoms with van der Waals surface area (Å²) in [5, 5.41) is 2.79. The van der Waals surface area contributed by atoms with Crippen molar-refractivity contribution in [1.82, 2.24) is 4.90 Å². The van der Waals surface area contributed by atoms with E-state index in [1.165, 1.54) is 11.8 Å². The van der Waals surface area contributed by atoms with E-state index in [9.17, 15) is 9.59 Å². The van der Waals surface area contributed by atoms with Gasteiger partial charge in [0.2, 0.25) is 11.8 Å². The van der Waals surface area contributed by atoms with Crippen LogP contribution in [-0.2, 0) is 14.3 Å². The molecule has 2 amide bonds. The van der Waals surface area contributed by atoms with Crippen molar-refractivity contribution in [1.29, 1.82) is 0 Å². The van der Waals surface area contributed by atoms with Gasteiger partial charge in [-0.1, -0.05) is 30.3 Å². The molecule has 6 nitrogen and oxygen atoms in total. The number of methoxy groups -OCH3 is 1. The molecular formula is C19H22N2O4. The van der Waals surface area contributed by atoms with Gasteiger partial charge >= 0.3 is 0 Å². The number of amides is 2. The van der Waals surface area contributed by atoms with Crippen molar-refractivity contribution in [2.45, 2.75) is 6.92 Å². The summed E-state index contributed by atoms with van der Waals surface area (Å²) in [6, 6.07) is 16.5. The Labute approximate surface area is 147 Å². The molecule has 0 aliphatic rings. The maximum Gasteiger partial charge on any atom is 0.244 e. The number of carbonyl (C=O) groups excluding carboxylic acids is 2. The number of hydrogen-bond acceptors (Lipinski definition) is 4. The van der Waals surface area contributed by atoms with Gasteiger partial charge in [0, 0.05) is 20.6 Å². The van der Waals surface area contributed by atoms with E-state index < -0.39 is 0 Å². The Bertz CT molecular complexity index is 704. The fourth-order valence-electron chi connectivity index (χ4n) is 2.19. The molecule has 0 aromatic heterocycles. The third-order valence-corrected chi connectivity index (χ3v) is 3.48. The van der Waals surface area contributed by atoms with Crippen LogP contribution in [0.1, 0.15) is 6.92 Å². The van der Waals surface area contributed by atoms with E-state index in [2.05, 4.69) is 5.32 Å². The smallest absolute Gasteiger partial charge is 0.244 e. The van der Waals surface area contributed by atoms with Gasteiger partial charge in [0.25, 0.3) is 0 Å². The molecule has 25 heavy (non-hydrogen) atoms. The lowest BCUT2D eigenvalue weighted by Gasteiger charge is -2.20. The zero-order valence-electron chi connectivity index (χ0n) is 14.4. The minimum atomic E-state index is -0.296. The highest BCUT2D eigenvalue weighted by Crippen LogP contribution is 2.28. The molecule has 0 fully saturated rings. The molecule has 0 bridgehead atoms. The van der Waals surface area contributed by atoms with Crippen molar-refractivity contribution in [2.24, 2.45) is 0 Å². The predicted molar refractivity (Wildman–Crippen MR) is 95.7 cm³/mol. The molecule has 2 rings (SSSR count). The normalized spacial score (nSPS) is 10.2. The van der Waals surface area contributed by atoms with Gasteiger partial charge in [-0.05, 0) is 24.3 Å². The molecule has 0 heterocycles. The molecule has 0 aliphatic carbocycles. The summed E-state index contributed by atoms with van der Waals surface area (Å²) in [4.78, 5) is 25.3. The molecule has 1 N–H and O–H groups in total. The lowest BCUT2D eigenvalue weighted by atomic mass is 10.2. The first-order chi connectivity index (χ1) is 12.1. The second kappa shape index (κ2) is 9.44. The summed E-state index contributed by atoms with van der Waals surface area (Å²) in [6.45, 7) is 2.12.